The van der Waals surface area contributed by atoms with Crippen molar-refractivity contribution in [1.29, 1.82) is 0 Å². The van der Waals surface area contributed by atoms with Crippen LogP contribution < -0.4 is 10.5 Å². The summed E-state index contributed by atoms with van der Waals surface area (Å²) in [6.07, 6.45) is 0. The van der Waals surface area contributed by atoms with Gasteiger partial charge in [0.2, 0.25) is 5.82 Å². The number of rotatable bonds is 4. The predicted octanol–water partition coefficient (Wildman–Crippen LogP) is 0.737. The molecule has 0 spiro atoms. The van der Waals surface area contributed by atoms with Crippen LogP contribution in [0.2, 0.25) is 0 Å². The van der Waals surface area contributed by atoms with E-state index in [0.29, 0.717) is 12.1 Å². The normalized spacial score (nSPS) is 9.88. The minimum absolute atomic E-state index is 0.367. The Hall–Kier alpha value is -2.25. The van der Waals surface area contributed by atoms with E-state index in [1.807, 2.05) is 0 Å². The van der Waals surface area contributed by atoms with E-state index in [1.165, 1.54) is 0 Å². The number of hydrogen-bond acceptors (Lipinski definition) is 4. The molecule has 0 aromatic heterocycles. The molecule has 2 N–H and O–H groups in total. The molecule has 0 unspecified atom stereocenters. The summed E-state index contributed by atoms with van der Waals surface area (Å²) in [5.74, 6) is -3.89. The fraction of sp³-hybridized carbons (Fsp3) is 0.125. The molecule has 6 nitrogen and oxygen atoms in total. The molecule has 0 aliphatic carbocycles. The number of amides is 1. The molecular weight excluding hydrogens is 226 g/mol. The SMILES string of the molecule is NC(=O)COc1cc(F)c([N+](=O)[O-])cc1F. The lowest BCUT2D eigenvalue weighted by Gasteiger charge is -2.04. The third kappa shape index (κ3) is 2.62. The van der Waals surface area contributed by atoms with Gasteiger partial charge < -0.3 is 10.5 Å². The number of ether oxygens (including phenoxy) is 1. The highest BCUT2D eigenvalue weighted by Gasteiger charge is 2.19. The van der Waals surface area contributed by atoms with E-state index < -0.39 is 40.5 Å². The zero-order valence-electron chi connectivity index (χ0n) is 7.78. The zero-order chi connectivity index (χ0) is 12.3. The molecule has 1 amide bonds. The molecule has 0 radical (unpaired) electrons. The predicted molar refractivity (Wildman–Crippen MR) is 47.7 cm³/mol. The van der Waals surface area contributed by atoms with Gasteiger partial charge in [0, 0.05) is 6.07 Å². The molecule has 86 valence electrons. The highest BCUT2D eigenvalue weighted by molar-refractivity contribution is 5.75. The lowest BCUT2D eigenvalue weighted by atomic mass is 10.3. The number of nitro benzene ring substituents is 1. The minimum Gasteiger partial charge on any atom is -0.481 e. The van der Waals surface area contributed by atoms with Crippen molar-refractivity contribution in [2.24, 2.45) is 5.73 Å². The lowest BCUT2D eigenvalue weighted by Crippen LogP contribution is -2.20. The first-order valence-corrected chi connectivity index (χ1v) is 3.96. The molecule has 0 aliphatic rings. The van der Waals surface area contributed by atoms with E-state index >= 15 is 0 Å². The Morgan fingerprint density at radius 1 is 1.44 bits per heavy atom. The fourth-order valence-corrected chi connectivity index (χ4v) is 0.917. The van der Waals surface area contributed by atoms with Gasteiger partial charge in [0.1, 0.15) is 0 Å². The standard InChI is InChI=1S/C8H6F2N2O4/c9-4-2-7(16-3-8(11)13)5(10)1-6(4)12(14)15/h1-2H,3H2,(H2,11,13). The molecule has 0 bridgehead atoms. The molecular formula is C8H6F2N2O4. The monoisotopic (exact) mass is 232 g/mol. The number of carbonyl (C=O) groups excluding carboxylic acids is 1. The number of halogens is 2. The summed E-state index contributed by atoms with van der Waals surface area (Å²) < 4.78 is 30.6. The Labute approximate surface area is 87.8 Å². The molecule has 0 fully saturated rings. The maximum atomic E-state index is 13.1. The van der Waals surface area contributed by atoms with Crippen molar-refractivity contribution in [2.45, 2.75) is 0 Å². The molecule has 0 atom stereocenters. The minimum atomic E-state index is -1.26. The van der Waals surface area contributed by atoms with Gasteiger partial charge in [-0.05, 0) is 0 Å². The summed E-state index contributed by atoms with van der Waals surface area (Å²) in [5.41, 5.74) is 3.71. The maximum absolute atomic E-state index is 13.1. The van der Waals surface area contributed by atoms with Crippen molar-refractivity contribution >= 4 is 11.6 Å². The van der Waals surface area contributed by atoms with Gasteiger partial charge in [-0.2, -0.15) is 4.39 Å². The topological polar surface area (TPSA) is 95.5 Å². The molecule has 16 heavy (non-hydrogen) atoms. The third-order valence-electron chi connectivity index (χ3n) is 1.57. The van der Waals surface area contributed by atoms with Crippen molar-refractivity contribution in [3.05, 3.63) is 33.9 Å². The second-order valence-corrected chi connectivity index (χ2v) is 2.75. The van der Waals surface area contributed by atoms with Crippen LogP contribution in [0.15, 0.2) is 12.1 Å². The summed E-state index contributed by atoms with van der Waals surface area (Å²) in [7, 11) is 0. The highest BCUT2D eigenvalue weighted by Crippen LogP contribution is 2.26. The largest absolute Gasteiger partial charge is 0.481 e. The van der Waals surface area contributed by atoms with E-state index in [2.05, 4.69) is 4.74 Å². The third-order valence-corrected chi connectivity index (χ3v) is 1.57. The van der Waals surface area contributed by atoms with Gasteiger partial charge >= 0.3 is 5.69 Å². The quantitative estimate of drug-likeness (QED) is 0.611. The van der Waals surface area contributed by atoms with E-state index in [4.69, 9.17) is 5.73 Å². The summed E-state index contributed by atoms with van der Waals surface area (Å²) in [4.78, 5) is 19.5. The van der Waals surface area contributed by atoms with E-state index in [1.54, 1.807) is 0 Å². The van der Waals surface area contributed by atoms with Gasteiger partial charge in [0.05, 0.1) is 11.0 Å². The molecule has 1 aromatic carbocycles. The first kappa shape index (κ1) is 11.8. The Morgan fingerprint density at radius 3 is 2.56 bits per heavy atom. The summed E-state index contributed by atoms with van der Waals surface area (Å²) in [6.45, 7) is -0.645. The molecule has 0 heterocycles. The number of carbonyl (C=O) groups is 1. The fourth-order valence-electron chi connectivity index (χ4n) is 0.917. The Bertz CT molecular complexity index is 450. The van der Waals surface area contributed by atoms with E-state index in [9.17, 15) is 23.7 Å². The van der Waals surface area contributed by atoms with Crippen LogP contribution in [0.25, 0.3) is 0 Å². The number of nitrogens with zero attached hydrogens (tertiary/aromatic N) is 1. The zero-order valence-corrected chi connectivity index (χ0v) is 7.78. The van der Waals surface area contributed by atoms with Crippen LogP contribution in [0.1, 0.15) is 0 Å². The summed E-state index contributed by atoms with van der Waals surface area (Å²) in [5, 5.41) is 10.2. The maximum Gasteiger partial charge on any atom is 0.307 e. The van der Waals surface area contributed by atoms with Gasteiger partial charge in [0.25, 0.3) is 5.91 Å². The molecule has 0 saturated heterocycles. The van der Waals surface area contributed by atoms with Crippen LogP contribution in [-0.2, 0) is 4.79 Å². The van der Waals surface area contributed by atoms with E-state index in [-0.39, 0.29) is 0 Å². The van der Waals surface area contributed by atoms with Gasteiger partial charge in [-0.1, -0.05) is 0 Å². The van der Waals surface area contributed by atoms with Crippen LogP contribution in [0.4, 0.5) is 14.5 Å². The number of hydrogen-bond donors (Lipinski definition) is 1. The Balaban J connectivity index is 3.01. The second-order valence-electron chi connectivity index (χ2n) is 2.75. The average Bonchev–Trinajstić information content (AvgIpc) is 2.18. The number of benzene rings is 1. The average molecular weight is 232 g/mol. The highest BCUT2D eigenvalue weighted by atomic mass is 19.1. The number of primary amides is 1. The molecule has 1 aromatic rings. The van der Waals surface area contributed by atoms with Crippen molar-refractivity contribution in [3.8, 4) is 5.75 Å². The Morgan fingerprint density at radius 2 is 2.06 bits per heavy atom. The van der Waals surface area contributed by atoms with Gasteiger partial charge in [0.15, 0.2) is 18.2 Å². The first-order chi connectivity index (χ1) is 7.41. The Kier molecular flexibility index (Phi) is 3.33. The van der Waals surface area contributed by atoms with Crippen molar-refractivity contribution in [1.82, 2.24) is 0 Å². The summed E-state index contributed by atoms with van der Waals surface area (Å²) in [6, 6.07) is 0.849. The van der Waals surface area contributed by atoms with E-state index in [0.717, 1.165) is 0 Å². The molecule has 0 saturated carbocycles. The second kappa shape index (κ2) is 4.51. The van der Waals surface area contributed by atoms with Crippen LogP contribution in [-0.4, -0.2) is 17.4 Å². The molecule has 8 heteroatoms. The van der Waals surface area contributed by atoms with Gasteiger partial charge in [-0.3, -0.25) is 14.9 Å². The van der Waals surface area contributed by atoms with Crippen molar-refractivity contribution in [2.75, 3.05) is 6.61 Å². The van der Waals surface area contributed by atoms with Crippen molar-refractivity contribution < 1.29 is 23.2 Å². The van der Waals surface area contributed by atoms with Gasteiger partial charge in [-0.15, -0.1) is 0 Å². The van der Waals surface area contributed by atoms with Crippen LogP contribution in [0.3, 0.4) is 0 Å². The first-order valence-electron chi connectivity index (χ1n) is 3.96. The molecule has 0 aliphatic heterocycles. The molecule has 1 rings (SSSR count). The number of nitro groups is 1. The smallest absolute Gasteiger partial charge is 0.307 e. The van der Waals surface area contributed by atoms with Crippen LogP contribution >= 0.6 is 0 Å². The summed E-state index contributed by atoms with van der Waals surface area (Å²) >= 11 is 0. The van der Waals surface area contributed by atoms with Crippen LogP contribution in [0.5, 0.6) is 5.75 Å². The number of nitrogens with two attached hydrogens (primary N) is 1. The van der Waals surface area contributed by atoms with Crippen LogP contribution in [0, 0.1) is 21.7 Å². The lowest BCUT2D eigenvalue weighted by molar-refractivity contribution is -0.387. The van der Waals surface area contributed by atoms with Gasteiger partial charge in [-0.25, -0.2) is 4.39 Å². The van der Waals surface area contributed by atoms with Crippen molar-refractivity contribution in [3.63, 3.8) is 0 Å².